The minimum absolute atomic E-state index is 0.180. The van der Waals surface area contributed by atoms with Crippen molar-refractivity contribution in [2.75, 3.05) is 12.4 Å². The zero-order valence-electron chi connectivity index (χ0n) is 11.4. The molecule has 0 fully saturated rings. The van der Waals surface area contributed by atoms with Crippen LogP contribution in [0.4, 0.5) is 5.69 Å². The van der Waals surface area contributed by atoms with Crippen molar-refractivity contribution in [3.05, 3.63) is 60.4 Å². The number of aromatic nitrogens is 2. The van der Waals surface area contributed by atoms with Crippen LogP contribution in [0.2, 0.25) is 0 Å². The van der Waals surface area contributed by atoms with Gasteiger partial charge in [-0.15, -0.1) is 0 Å². The van der Waals surface area contributed by atoms with Crippen molar-refractivity contribution in [1.82, 2.24) is 9.97 Å². The maximum atomic E-state index is 12.2. The van der Waals surface area contributed by atoms with Gasteiger partial charge < -0.3 is 10.1 Å². The number of anilines is 1. The highest BCUT2D eigenvalue weighted by Crippen LogP contribution is 2.17. The molecule has 1 amide bonds. The third-order valence-corrected chi connectivity index (χ3v) is 3.08. The third kappa shape index (κ3) is 2.81. The lowest BCUT2D eigenvalue weighted by Crippen LogP contribution is -2.11. The molecule has 0 atom stereocenters. The summed E-state index contributed by atoms with van der Waals surface area (Å²) >= 11 is 0. The summed E-state index contributed by atoms with van der Waals surface area (Å²) in [4.78, 5) is 20.6. The average Bonchev–Trinajstić information content (AvgIpc) is 2.55. The van der Waals surface area contributed by atoms with Gasteiger partial charge in [-0.05, 0) is 42.5 Å². The van der Waals surface area contributed by atoms with Crippen LogP contribution in [0.3, 0.4) is 0 Å². The van der Waals surface area contributed by atoms with Crippen molar-refractivity contribution in [3.8, 4) is 5.75 Å². The van der Waals surface area contributed by atoms with Crippen LogP contribution in [0.1, 0.15) is 10.4 Å². The molecule has 5 heteroatoms. The summed E-state index contributed by atoms with van der Waals surface area (Å²) in [7, 11) is 1.59. The molecule has 0 saturated carbocycles. The van der Waals surface area contributed by atoms with Crippen LogP contribution in [0, 0.1) is 0 Å². The molecular weight excluding hydrogens is 266 g/mol. The Morgan fingerprint density at radius 3 is 2.43 bits per heavy atom. The molecule has 5 nitrogen and oxygen atoms in total. The summed E-state index contributed by atoms with van der Waals surface area (Å²) in [6, 6.07) is 12.4. The first-order valence-corrected chi connectivity index (χ1v) is 6.42. The molecule has 104 valence electrons. The number of nitrogens with one attached hydrogen (secondary N) is 1. The first kappa shape index (κ1) is 13.1. The average molecular weight is 279 g/mol. The van der Waals surface area contributed by atoms with Crippen LogP contribution < -0.4 is 10.1 Å². The standard InChI is InChI=1S/C16H13N3O2/c1-21-13-5-2-11(3-6-13)16(20)19-12-4-7-14-15(10-12)18-9-8-17-14/h2-10H,1H3,(H,19,20). The second-order valence-corrected chi connectivity index (χ2v) is 4.44. The Bertz CT molecular complexity index is 785. The molecule has 0 spiro atoms. The van der Waals surface area contributed by atoms with Crippen LogP contribution in [0.5, 0.6) is 5.75 Å². The third-order valence-electron chi connectivity index (χ3n) is 3.08. The predicted octanol–water partition coefficient (Wildman–Crippen LogP) is 2.89. The fraction of sp³-hybridized carbons (Fsp3) is 0.0625. The van der Waals surface area contributed by atoms with E-state index < -0.39 is 0 Å². The number of benzene rings is 2. The first-order chi connectivity index (χ1) is 10.3. The van der Waals surface area contributed by atoms with E-state index in [1.807, 2.05) is 6.07 Å². The van der Waals surface area contributed by atoms with Gasteiger partial charge in [-0.2, -0.15) is 0 Å². The summed E-state index contributed by atoms with van der Waals surface area (Å²) < 4.78 is 5.07. The first-order valence-electron chi connectivity index (χ1n) is 6.42. The zero-order valence-corrected chi connectivity index (χ0v) is 11.4. The van der Waals surface area contributed by atoms with E-state index in [4.69, 9.17) is 4.74 Å². The molecule has 0 unspecified atom stereocenters. The fourth-order valence-corrected chi connectivity index (χ4v) is 1.99. The highest BCUT2D eigenvalue weighted by molar-refractivity contribution is 6.05. The Labute approximate surface area is 121 Å². The maximum Gasteiger partial charge on any atom is 0.255 e. The topological polar surface area (TPSA) is 64.1 Å². The van der Waals surface area contributed by atoms with Crippen LogP contribution in [0.25, 0.3) is 11.0 Å². The monoisotopic (exact) mass is 279 g/mol. The molecule has 0 aliphatic carbocycles. The van der Waals surface area contributed by atoms with E-state index in [9.17, 15) is 4.79 Å². The number of methoxy groups -OCH3 is 1. The molecule has 3 aromatic rings. The normalized spacial score (nSPS) is 10.3. The van der Waals surface area contributed by atoms with E-state index in [1.54, 1.807) is 55.9 Å². The van der Waals surface area contributed by atoms with Crippen molar-refractivity contribution in [1.29, 1.82) is 0 Å². The summed E-state index contributed by atoms with van der Waals surface area (Å²) in [5.74, 6) is 0.536. The Hall–Kier alpha value is -2.95. The highest BCUT2D eigenvalue weighted by atomic mass is 16.5. The smallest absolute Gasteiger partial charge is 0.255 e. The van der Waals surface area contributed by atoms with E-state index >= 15 is 0 Å². The molecule has 1 heterocycles. The van der Waals surface area contributed by atoms with E-state index in [-0.39, 0.29) is 5.91 Å². The molecule has 0 radical (unpaired) electrons. The highest BCUT2D eigenvalue weighted by Gasteiger charge is 2.07. The summed E-state index contributed by atoms with van der Waals surface area (Å²) in [6.45, 7) is 0. The quantitative estimate of drug-likeness (QED) is 0.800. The molecule has 1 aromatic heterocycles. The van der Waals surface area contributed by atoms with E-state index in [0.717, 1.165) is 11.0 Å². The number of hydrogen-bond donors (Lipinski definition) is 1. The molecular formula is C16H13N3O2. The van der Waals surface area contributed by atoms with E-state index in [1.165, 1.54) is 0 Å². The number of nitrogens with zero attached hydrogens (tertiary/aromatic N) is 2. The Morgan fingerprint density at radius 2 is 1.71 bits per heavy atom. The molecule has 2 aromatic carbocycles. The Morgan fingerprint density at radius 1 is 1.00 bits per heavy atom. The number of ether oxygens (including phenoxy) is 1. The number of rotatable bonds is 3. The van der Waals surface area contributed by atoms with Gasteiger partial charge in [-0.1, -0.05) is 0 Å². The lowest BCUT2D eigenvalue weighted by Gasteiger charge is -2.06. The van der Waals surface area contributed by atoms with Crippen molar-refractivity contribution in [2.45, 2.75) is 0 Å². The van der Waals surface area contributed by atoms with Crippen molar-refractivity contribution in [3.63, 3.8) is 0 Å². The number of carbonyl (C=O) groups is 1. The Balaban J connectivity index is 1.81. The largest absolute Gasteiger partial charge is 0.497 e. The van der Waals surface area contributed by atoms with Gasteiger partial charge in [-0.25, -0.2) is 0 Å². The molecule has 0 aliphatic heterocycles. The SMILES string of the molecule is COc1ccc(C(=O)Nc2ccc3nccnc3c2)cc1. The number of amides is 1. The molecule has 3 rings (SSSR count). The molecule has 0 aliphatic rings. The van der Waals surface area contributed by atoms with Crippen LogP contribution >= 0.6 is 0 Å². The van der Waals surface area contributed by atoms with Crippen LogP contribution in [0.15, 0.2) is 54.9 Å². The van der Waals surface area contributed by atoms with Crippen molar-refractivity contribution in [2.24, 2.45) is 0 Å². The number of carbonyl (C=O) groups excluding carboxylic acids is 1. The van der Waals surface area contributed by atoms with Gasteiger partial charge in [0.1, 0.15) is 5.75 Å². The lowest BCUT2D eigenvalue weighted by atomic mass is 10.2. The summed E-state index contributed by atoms with van der Waals surface area (Å²) in [6.07, 6.45) is 3.26. The maximum absolute atomic E-state index is 12.2. The lowest BCUT2D eigenvalue weighted by molar-refractivity contribution is 0.102. The summed E-state index contributed by atoms with van der Waals surface area (Å²) in [5.41, 5.74) is 2.78. The minimum atomic E-state index is -0.180. The number of hydrogen-bond acceptors (Lipinski definition) is 4. The zero-order chi connectivity index (χ0) is 14.7. The molecule has 21 heavy (non-hydrogen) atoms. The van der Waals surface area contributed by atoms with Crippen molar-refractivity contribution >= 4 is 22.6 Å². The predicted molar refractivity (Wildman–Crippen MR) is 80.5 cm³/mol. The fourth-order valence-electron chi connectivity index (χ4n) is 1.99. The second kappa shape index (κ2) is 5.58. The van der Waals surface area contributed by atoms with Crippen LogP contribution in [-0.4, -0.2) is 23.0 Å². The van der Waals surface area contributed by atoms with Gasteiger partial charge in [0.25, 0.3) is 5.91 Å². The van der Waals surface area contributed by atoms with Gasteiger partial charge >= 0.3 is 0 Å². The van der Waals surface area contributed by atoms with Gasteiger partial charge in [0.15, 0.2) is 0 Å². The number of fused-ring (bicyclic) bond motifs is 1. The van der Waals surface area contributed by atoms with Gasteiger partial charge in [0, 0.05) is 23.6 Å². The molecule has 0 bridgehead atoms. The van der Waals surface area contributed by atoms with Gasteiger partial charge in [-0.3, -0.25) is 14.8 Å². The van der Waals surface area contributed by atoms with Gasteiger partial charge in [0.2, 0.25) is 0 Å². The van der Waals surface area contributed by atoms with E-state index in [2.05, 4.69) is 15.3 Å². The van der Waals surface area contributed by atoms with Crippen LogP contribution in [-0.2, 0) is 0 Å². The molecule has 1 N–H and O–H groups in total. The second-order valence-electron chi connectivity index (χ2n) is 4.44. The van der Waals surface area contributed by atoms with E-state index in [0.29, 0.717) is 17.0 Å². The Kier molecular flexibility index (Phi) is 3.47. The van der Waals surface area contributed by atoms with Crippen molar-refractivity contribution < 1.29 is 9.53 Å². The van der Waals surface area contributed by atoms with Gasteiger partial charge in [0.05, 0.1) is 18.1 Å². The molecule has 0 saturated heterocycles. The summed E-state index contributed by atoms with van der Waals surface area (Å²) in [5, 5.41) is 2.84. The minimum Gasteiger partial charge on any atom is -0.497 e.